The molecule has 20 heavy (non-hydrogen) atoms. The van der Waals surface area contributed by atoms with Gasteiger partial charge in [-0.3, -0.25) is 4.90 Å². The van der Waals surface area contributed by atoms with E-state index in [0.29, 0.717) is 24.6 Å². The highest BCUT2D eigenvalue weighted by molar-refractivity contribution is 5.29. The van der Waals surface area contributed by atoms with E-state index in [9.17, 15) is 18.3 Å². The van der Waals surface area contributed by atoms with Gasteiger partial charge >= 0.3 is 6.18 Å². The van der Waals surface area contributed by atoms with Crippen LogP contribution in [-0.2, 0) is 6.18 Å². The molecule has 2 nitrogen and oxygen atoms in total. The van der Waals surface area contributed by atoms with Gasteiger partial charge in [0.2, 0.25) is 0 Å². The average Bonchev–Trinajstić information content (AvgIpc) is 2.37. The first kappa shape index (κ1) is 15.3. The van der Waals surface area contributed by atoms with Crippen molar-refractivity contribution in [2.24, 2.45) is 0 Å². The van der Waals surface area contributed by atoms with Crippen molar-refractivity contribution in [3.8, 4) is 0 Å². The summed E-state index contributed by atoms with van der Waals surface area (Å²) in [6.45, 7) is 5.42. The van der Waals surface area contributed by atoms with Gasteiger partial charge in [-0.1, -0.05) is 18.2 Å². The van der Waals surface area contributed by atoms with E-state index < -0.39 is 17.8 Å². The Balaban J connectivity index is 2.17. The van der Waals surface area contributed by atoms with Gasteiger partial charge < -0.3 is 5.11 Å². The lowest BCUT2D eigenvalue weighted by molar-refractivity contribution is -0.137. The van der Waals surface area contributed by atoms with Crippen molar-refractivity contribution < 1.29 is 18.3 Å². The van der Waals surface area contributed by atoms with Crippen LogP contribution in [0.2, 0.25) is 0 Å². The van der Waals surface area contributed by atoms with Gasteiger partial charge in [-0.05, 0) is 38.4 Å². The molecule has 2 rings (SSSR count). The molecule has 1 aliphatic heterocycles. The molecule has 1 aliphatic rings. The predicted molar refractivity (Wildman–Crippen MR) is 71.5 cm³/mol. The summed E-state index contributed by atoms with van der Waals surface area (Å²) in [6, 6.07) is 5.67. The third kappa shape index (κ3) is 3.33. The van der Waals surface area contributed by atoms with Crippen LogP contribution >= 0.6 is 0 Å². The van der Waals surface area contributed by atoms with Crippen LogP contribution in [0.1, 0.15) is 37.3 Å². The number of piperidine rings is 1. The predicted octanol–water partition coefficient (Wildman–Crippen LogP) is 3.26. The molecule has 0 bridgehead atoms. The molecular formula is C15H20F3NO. The van der Waals surface area contributed by atoms with Crippen molar-refractivity contribution >= 4 is 0 Å². The van der Waals surface area contributed by atoms with Crippen molar-refractivity contribution in [3.63, 3.8) is 0 Å². The second-order valence-electron chi connectivity index (χ2n) is 5.67. The second-order valence-corrected chi connectivity index (χ2v) is 5.67. The summed E-state index contributed by atoms with van der Waals surface area (Å²) in [4.78, 5) is 2.15. The number of aliphatic hydroxyl groups excluding tert-OH is 1. The van der Waals surface area contributed by atoms with E-state index in [4.69, 9.17) is 0 Å². The Hall–Kier alpha value is -1.07. The smallest absolute Gasteiger partial charge is 0.391 e. The molecule has 0 saturated carbocycles. The normalized spacial score (nSPS) is 25.1. The number of alkyl halides is 3. The van der Waals surface area contributed by atoms with E-state index in [1.165, 1.54) is 12.1 Å². The zero-order valence-corrected chi connectivity index (χ0v) is 11.7. The fraction of sp³-hybridized carbons (Fsp3) is 0.600. The van der Waals surface area contributed by atoms with Gasteiger partial charge in [-0.15, -0.1) is 0 Å². The van der Waals surface area contributed by atoms with E-state index in [-0.39, 0.29) is 5.92 Å². The van der Waals surface area contributed by atoms with Crippen molar-refractivity contribution in [2.75, 3.05) is 13.1 Å². The molecule has 1 fully saturated rings. The molecule has 2 atom stereocenters. The van der Waals surface area contributed by atoms with Crippen molar-refractivity contribution in [3.05, 3.63) is 35.4 Å². The number of aliphatic hydroxyl groups is 1. The molecule has 1 aromatic carbocycles. The van der Waals surface area contributed by atoms with E-state index >= 15 is 0 Å². The van der Waals surface area contributed by atoms with Gasteiger partial charge in [0.15, 0.2) is 0 Å². The zero-order valence-electron chi connectivity index (χ0n) is 11.7. The molecule has 2 unspecified atom stereocenters. The molecule has 1 aromatic rings. The quantitative estimate of drug-likeness (QED) is 0.902. The fourth-order valence-electron chi connectivity index (χ4n) is 2.76. The monoisotopic (exact) mass is 287 g/mol. The zero-order chi connectivity index (χ0) is 14.9. The number of halogens is 3. The summed E-state index contributed by atoms with van der Waals surface area (Å²) in [5.74, 6) is -0.215. The number of nitrogens with zero attached hydrogens (tertiary/aromatic N) is 1. The lowest BCUT2D eigenvalue weighted by Crippen LogP contribution is -2.45. The maximum Gasteiger partial charge on any atom is 0.416 e. The first-order valence-electron chi connectivity index (χ1n) is 6.88. The van der Waals surface area contributed by atoms with Crippen LogP contribution in [0.5, 0.6) is 0 Å². The molecule has 1 heterocycles. The third-order valence-corrected chi connectivity index (χ3v) is 3.99. The highest BCUT2D eigenvalue weighted by Gasteiger charge is 2.33. The topological polar surface area (TPSA) is 23.5 Å². The number of β-amino-alcohol motifs (C(OH)–C–C–N with tert-alkyl or cyclic N) is 1. The van der Waals surface area contributed by atoms with Crippen LogP contribution in [0.25, 0.3) is 0 Å². The number of rotatable bonds is 2. The Morgan fingerprint density at radius 1 is 1.30 bits per heavy atom. The lowest BCUT2D eigenvalue weighted by atomic mass is 9.86. The van der Waals surface area contributed by atoms with Gasteiger partial charge in [-0.25, -0.2) is 0 Å². The average molecular weight is 287 g/mol. The molecule has 0 aliphatic carbocycles. The molecule has 5 heteroatoms. The Labute approximate surface area is 117 Å². The summed E-state index contributed by atoms with van der Waals surface area (Å²) >= 11 is 0. The van der Waals surface area contributed by atoms with E-state index in [2.05, 4.69) is 18.7 Å². The van der Waals surface area contributed by atoms with Gasteiger partial charge in [-0.2, -0.15) is 13.2 Å². The third-order valence-electron chi connectivity index (χ3n) is 3.99. The molecule has 0 aromatic heterocycles. The minimum Gasteiger partial charge on any atom is -0.391 e. The van der Waals surface area contributed by atoms with Gasteiger partial charge in [0.1, 0.15) is 0 Å². The molecule has 112 valence electrons. The minimum atomic E-state index is -4.33. The highest BCUT2D eigenvalue weighted by Crippen LogP contribution is 2.34. The Kier molecular flexibility index (Phi) is 4.39. The van der Waals surface area contributed by atoms with Gasteiger partial charge in [0.25, 0.3) is 0 Å². The summed E-state index contributed by atoms with van der Waals surface area (Å²) in [6.07, 6.45) is -4.27. The van der Waals surface area contributed by atoms with Crippen molar-refractivity contribution in [1.82, 2.24) is 4.90 Å². The number of benzene rings is 1. The largest absolute Gasteiger partial charge is 0.416 e. The van der Waals surface area contributed by atoms with E-state index in [0.717, 1.165) is 12.6 Å². The fourth-order valence-corrected chi connectivity index (χ4v) is 2.76. The van der Waals surface area contributed by atoms with E-state index in [1.54, 1.807) is 6.07 Å². The van der Waals surface area contributed by atoms with Crippen LogP contribution in [0, 0.1) is 0 Å². The number of likely N-dealkylation sites (tertiary alicyclic amines) is 1. The highest BCUT2D eigenvalue weighted by atomic mass is 19.4. The standard InChI is InChI=1S/C15H20F3NO/c1-10(2)19-7-6-13(14(20)9-19)11-4-3-5-12(8-11)15(16,17)18/h3-5,8,10,13-14,20H,6-7,9H2,1-2H3. The SMILES string of the molecule is CC(C)N1CCC(c2cccc(C(F)(F)F)c2)C(O)C1. The Morgan fingerprint density at radius 3 is 2.55 bits per heavy atom. The molecule has 0 amide bonds. The Bertz CT molecular complexity index is 459. The minimum absolute atomic E-state index is 0.215. The summed E-state index contributed by atoms with van der Waals surface area (Å²) < 4.78 is 38.2. The first-order chi connectivity index (χ1) is 9.29. The summed E-state index contributed by atoms with van der Waals surface area (Å²) in [5.41, 5.74) is -0.0655. The molecular weight excluding hydrogens is 267 g/mol. The van der Waals surface area contributed by atoms with Crippen LogP contribution < -0.4 is 0 Å². The maximum atomic E-state index is 12.7. The van der Waals surface area contributed by atoms with Crippen LogP contribution in [0.4, 0.5) is 13.2 Å². The van der Waals surface area contributed by atoms with Crippen molar-refractivity contribution in [1.29, 1.82) is 0 Å². The second kappa shape index (κ2) is 5.74. The molecule has 1 N–H and O–H groups in total. The van der Waals surface area contributed by atoms with Crippen LogP contribution in [-0.4, -0.2) is 35.2 Å². The van der Waals surface area contributed by atoms with Crippen molar-refractivity contribution in [2.45, 2.75) is 44.5 Å². The van der Waals surface area contributed by atoms with Gasteiger partial charge in [0.05, 0.1) is 11.7 Å². The maximum absolute atomic E-state index is 12.7. The molecule has 0 spiro atoms. The Morgan fingerprint density at radius 2 is 2.00 bits per heavy atom. The summed E-state index contributed by atoms with van der Waals surface area (Å²) in [7, 11) is 0. The molecule has 1 saturated heterocycles. The summed E-state index contributed by atoms with van der Waals surface area (Å²) in [5, 5.41) is 10.2. The first-order valence-corrected chi connectivity index (χ1v) is 6.88. The molecule has 0 radical (unpaired) electrons. The van der Waals surface area contributed by atoms with Crippen LogP contribution in [0.3, 0.4) is 0 Å². The number of hydrogen-bond acceptors (Lipinski definition) is 2. The lowest BCUT2D eigenvalue weighted by Gasteiger charge is -2.38. The van der Waals surface area contributed by atoms with E-state index in [1.807, 2.05) is 0 Å². The number of hydrogen-bond donors (Lipinski definition) is 1. The van der Waals surface area contributed by atoms with Crippen LogP contribution in [0.15, 0.2) is 24.3 Å². The van der Waals surface area contributed by atoms with Gasteiger partial charge in [0, 0.05) is 18.5 Å².